The van der Waals surface area contributed by atoms with E-state index in [-0.39, 0.29) is 18.5 Å². The number of piperidine rings is 1. The molecule has 4 aromatic rings. The van der Waals surface area contributed by atoms with E-state index < -0.39 is 0 Å². The highest BCUT2D eigenvalue weighted by Crippen LogP contribution is 2.25. The molecule has 0 bridgehead atoms. The first kappa shape index (κ1) is 19.1. The highest BCUT2D eigenvalue weighted by atomic mass is 16.2. The van der Waals surface area contributed by atoms with Crippen LogP contribution in [-0.2, 0) is 4.79 Å². The number of fused-ring (bicyclic) bond motifs is 1. The highest BCUT2D eigenvalue weighted by molar-refractivity contribution is 5.87. The molecule has 31 heavy (non-hydrogen) atoms. The quantitative estimate of drug-likeness (QED) is 0.446. The van der Waals surface area contributed by atoms with Gasteiger partial charge in [-0.2, -0.15) is 5.10 Å². The molecule has 0 aliphatic carbocycles. The van der Waals surface area contributed by atoms with Crippen molar-refractivity contribution in [2.75, 3.05) is 29.9 Å². The molecule has 9 nitrogen and oxygen atoms in total. The van der Waals surface area contributed by atoms with Gasteiger partial charge < -0.3 is 20.5 Å². The molecule has 4 heterocycles. The number of aromatic amines is 1. The number of anilines is 2. The smallest absolute Gasteiger partial charge is 0.239 e. The van der Waals surface area contributed by atoms with Crippen LogP contribution >= 0.6 is 0 Å². The maximum Gasteiger partial charge on any atom is 0.239 e. The Balaban J connectivity index is 1.16. The van der Waals surface area contributed by atoms with Gasteiger partial charge in [0.05, 0.1) is 17.6 Å². The molecule has 1 atom stereocenters. The van der Waals surface area contributed by atoms with Crippen molar-refractivity contribution < 1.29 is 4.79 Å². The first-order valence-corrected chi connectivity index (χ1v) is 10.4. The number of nitrogens with zero attached hydrogens (tertiary/aromatic N) is 5. The Morgan fingerprint density at radius 2 is 2.06 bits per heavy atom. The van der Waals surface area contributed by atoms with E-state index in [1.54, 1.807) is 11.0 Å². The van der Waals surface area contributed by atoms with E-state index in [2.05, 4.69) is 35.6 Å². The zero-order valence-corrected chi connectivity index (χ0v) is 17.0. The summed E-state index contributed by atoms with van der Waals surface area (Å²) in [4.78, 5) is 26.6. The van der Waals surface area contributed by atoms with Crippen LogP contribution in [0.2, 0.25) is 0 Å². The molecule has 1 aliphatic heterocycles. The van der Waals surface area contributed by atoms with Gasteiger partial charge >= 0.3 is 0 Å². The van der Waals surface area contributed by atoms with Crippen molar-refractivity contribution in [1.29, 1.82) is 0 Å². The molecule has 0 spiro atoms. The molecule has 9 heteroatoms. The van der Waals surface area contributed by atoms with Crippen LogP contribution in [-0.4, -0.2) is 56.3 Å². The van der Waals surface area contributed by atoms with Gasteiger partial charge in [-0.15, -0.1) is 0 Å². The molecule has 3 N–H and O–H groups in total. The lowest BCUT2D eigenvalue weighted by Gasteiger charge is -2.34. The lowest BCUT2D eigenvalue weighted by atomic mass is 10.1. The fourth-order valence-corrected chi connectivity index (χ4v) is 3.99. The van der Waals surface area contributed by atoms with Gasteiger partial charge in [-0.1, -0.05) is 18.2 Å². The Kier molecular flexibility index (Phi) is 5.22. The van der Waals surface area contributed by atoms with Crippen LogP contribution < -0.4 is 15.5 Å². The Morgan fingerprint density at radius 1 is 1.16 bits per heavy atom. The van der Waals surface area contributed by atoms with Crippen LogP contribution in [0.3, 0.4) is 0 Å². The molecule has 1 amide bonds. The van der Waals surface area contributed by atoms with Gasteiger partial charge in [0.2, 0.25) is 5.91 Å². The Bertz CT molecular complexity index is 1170. The third-order valence-corrected chi connectivity index (χ3v) is 5.46. The average Bonchev–Trinajstić information content (AvgIpc) is 3.48. The van der Waals surface area contributed by atoms with Crippen LogP contribution in [0.4, 0.5) is 11.6 Å². The van der Waals surface area contributed by atoms with Crippen LogP contribution in [0.25, 0.3) is 16.7 Å². The molecule has 5 rings (SSSR count). The predicted molar refractivity (Wildman–Crippen MR) is 119 cm³/mol. The van der Waals surface area contributed by atoms with Gasteiger partial charge in [-0.25, -0.2) is 14.6 Å². The summed E-state index contributed by atoms with van der Waals surface area (Å²) >= 11 is 0. The third-order valence-electron chi connectivity index (χ3n) is 5.46. The van der Waals surface area contributed by atoms with E-state index in [9.17, 15) is 4.79 Å². The maximum atomic E-state index is 12.5. The lowest BCUT2D eigenvalue weighted by molar-refractivity contribution is -0.120. The van der Waals surface area contributed by atoms with Crippen molar-refractivity contribution >= 4 is 28.6 Å². The molecule has 1 aliphatic rings. The van der Waals surface area contributed by atoms with Crippen molar-refractivity contribution in [2.24, 2.45) is 0 Å². The molecule has 0 saturated carbocycles. The second kappa shape index (κ2) is 8.47. The molecule has 1 saturated heterocycles. The second-order valence-corrected chi connectivity index (χ2v) is 7.62. The predicted octanol–water partition coefficient (Wildman–Crippen LogP) is 2.34. The van der Waals surface area contributed by atoms with Crippen LogP contribution in [0, 0.1) is 0 Å². The second-order valence-electron chi connectivity index (χ2n) is 7.62. The fourth-order valence-electron chi connectivity index (χ4n) is 3.99. The number of rotatable bonds is 6. The van der Waals surface area contributed by atoms with Crippen LogP contribution in [0.1, 0.15) is 12.8 Å². The topological polar surface area (TPSA) is 104 Å². The van der Waals surface area contributed by atoms with E-state index >= 15 is 0 Å². The SMILES string of the molecule is O=C(CNc1ccn(-c2ccccc2)n1)NC1CCCN(c2ncnc3[nH]ccc23)C1. The molecule has 1 aromatic carbocycles. The number of carbonyl (C=O) groups is 1. The first-order valence-electron chi connectivity index (χ1n) is 10.4. The van der Waals surface area contributed by atoms with E-state index in [1.807, 2.05) is 54.9 Å². The fraction of sp³-hybridized carbons (Fsp3) is 0.273. The number of amides is 1. The lowest BCUT2D eigenvalue weighted by Crippen LogP contribution is -2.49. The summed E-state index contributed by atoms with van der Waals surface area (Å²) in [5.74, 6) is 1.53. The number of hydrogen-bond donors (Lipinski definition) is 3. The Hall–Kier alpha value is -3.88. The first-order chi connectivity index (χ1) is 15.3. The maximum absolute atomic E-state index is 12.5. The van der Waals surface area contributed by atoms with Gasteiger partial charge in [0, 0.05) is 37.6 Å². The van der Waals surface area contributed by atoms with Gasteiger partial charge in [0.1, 0.15) is 23.6 Å². The van der Waals surface area contributed by atoms with Crippen molar-refractivity contribution in [3.63, 3.8) is 0 Å². The van der Waals surface area contributed by atoms with E-state index in [0.717, 1.165) is 48.5 Å². The van der Waals surface area contributed by atoms with Crippen LogP contribution in [0.15, 0.2) is 61.2 Å². The normalized spacial score (nSPS) is 16.4. The number of para-hydroxylation sites is 1. The summed E-state index contributed by atoms with van der Waals surface area (Å²) in [5.41, 5.74) is 1.80. The highest BCUT2D eigenvalue weighted by Gasteiger charge is 2.23. The molecule has 0 radical (unpaired) electrons. The van der Waals surface area contributed by atoms with Crippen molar-refractivity contribution in [3.05, 3.63) is 61.2 Å². The van der Waals surface area contributed by atoms with E-state index in [0.29, 0.717) is 5.82 Å². The number of H-pyrrole nitrogens is 1. The number of nitrogens with one attached hydrogen (secondary N) is 3. The minimum atomic E-state index is -0.0457. The zero-order chi connectivity index (χ0) is 21.0. The van der Waals surface area contributed by atoms with E-state index in [1.165, 1.54) is 0 Å². The summed E-state index contributed by atoms with van der Waals surface area (Å²) in [7, 11) is 0. The average molecular weight is 416 g/mol. The Labute approximate surface area is 179 Å². The minimum Gasteiger partial charge on any atom is -0.360 e. The Morgan fingerprint density at radius 3 is 2.97 bits per heavy atom. The molecule has 158 valence electrons. The number of hydrogen-bond acceptors (Lipinski definition) is 6. The monoisotopic (exact) mass is 416 g/mol. The van der Waals surface area contributed by atoms with Gasteiger partial charge in [0.25, 0.3) is 0 Å². The number of carbonyl (C=O) groups excluding carboxylic acids is 1. The minimum absolute atomic E-state index is 0.0457. The van der Waals surface area contributed by atoms with Gasteiger partial charge in [0.15, 0.2) is 0 Å². The standard InChI is InChI=1S/C22H24N8O/c31-20(13-24-19-9-12-30(28-19)17-6-2-1-3-7-17)27-16-5-4-11-29(14-16)22-18-8-10-23-21(18)25-15-26-22/h1-3,6-10,12,15-16H,4-5,11,13-14H2,(H,24,28)(H,27,31)(H,23,25,26). The summed E-state index contributed by atoms with van der Waals surface area (Å²) in [6.07, 6.45) is 7.27. The largest absolute Gasteiger partial charge is 0.360 e. The van der Waals surface area contributed by atoms with Crippen molar-refractivity contribution in [1.82, 2.24) is 30.0 Å². The van der Waals surface area contributed by atoms with Gasteiger partial charge in [-0.05, 0) is 31.0 Å². The summed E-state index contributed by atoms with van der Waals surface area (Å²) in [5, 5.41) is 11.7. The molecule has 1 unspecified atom stereocenters. The summed E-state index contributed by atoms with van der Waals surface area (Å²) in [6, 6.07) is 13.8. The van der Waals surface area contributed by atoms with Crippen LogP contribution in [0.5, 0.6) is 0 Å². The third kappa shape index (κ3) is 4.20. The summed E-state index contributed by atoms with van der Waals surface area (Å²) < 4.78 is 1.78. The molecule has 3 aromatic heterocycles. The van der Waals surface area contributed by atoms with Gasteiger partial charge in [-0.3, -0.25) is 4.79 Å². The van der Waals surface area contributed by atoms with Crippen molar-refractivity contribution in [3.8, 4) is 5.69 Å². The molecular formula is C22H24N8O. The van der Waals surface area contributed by atoms with E-state index in [4.69, 9.17) is 0 Å². The number of aromatic nitrogens is 5. The molecular weight excluding hydrogens is 392 g/mol. The van der Waals surface area contributed by atoms with Crippen molar-refractivity contribution in [2.45, 2.75) is 18.9 Å². The number of benzene rings is 1. The summed E-state index contributed by atoms with van der Waals surface area (Å²) in [6.45, 7) is 1.82. The zero-order valence-electron chi connectivity index (χ0n) is 17.0. The molecule has 1 fully saturated rings.